The maximum absolute atomic E-state index is 11.5. The van der Waals surface area contributed by atoms with Crippen LogP contribution in [0.4, 0.5) is 0 Å². The Balaban J connectivity index is -0.0000000401. The molecule has 0 aromatic carbocycles. The number of halogens is 1. The number of carbonyl (C=O) groups is 4. The van der Waals surface area contributed by atoms with Gasteiger partial charge in [-0.15, -0.1) is 11.6 Å². The maximum Gasteiger partial charge on any atom is 0.308 e. The number of esters is 1. The molecule has 5 atom stereocenters. The van der Waals surface area contributed by atoms with Crippen LogP contribution in [0.15, 0.2) is 0 Å². The molecule has 0 spiro atoms. The van der Waals surface area contributed by atoms with Gasteiger partial charge in [0.25, 0.3) is 0 Å². The van der Waals surface area contributed by atoms with Crippen molar-refractivity contribution < 1.29 is 375 Å². The van der Waals surface area contributed by atoms with Crippen LogP contribution in [0.5, 0.6) is 0 Å². The van der Waals surface area contributed by atoms with Crippen LogP contribution in [0.25, 0.3) is 0 Å². The first-order chi connectivity index (χ1) is 11.0. The summed E-state index contributed by atoms with van der Waals surface area (Å²) in [5.74, 6) is -9.66. The quantitative estimate of drug-likeness (QED) is 0.157. The van der Waals surface area contributed by atoms with E-state index in [9.17, 15) is 29.4 Å². The van der Waals surface area contributed by atoms with Crippen molar-refractivity contribution in [1.29, 1.82) is 0 Å². The van der Waals surface area contributed by atoms with Gasteiger partial charge in [-0.25, -0.2) is 0 Å². The van der Waals surface area contributed by atoms with Crippen molar-refractivity contribution in [3.05, 3.63) is 0 Å². The van der Waals surface area contributed by atoms with Crippen molar-refractivity contribution in [2.75, 3.05) is 0 Å². The summed E-state index contributed by atoms with van der Waals surface area (Å²) >= 11 is 6.01. The molecule has 0 saturated carbocycles. The second-order valence-corrected chi connectivity index (χ2v) is 6.26. The van der Waals surface area contributed by atoms with E-state index in [4.69, 9.17) is 21.4 Å². The molecule has 0 aromatic heterocycles. The monoisotopic (exact) mass is 2870 g/mol. The number of hydrogen-bond donors (Lipinski definition) is 3. The van der Waals surface area contributed by atoms with Gasteiger partial charge in [0.1, 0.15) is 6.10 Å². The van der Waals surface area contributed by atoms with E-state index < -0.39 is 47.7 Å². The third-order valence-electron chi connectivity index (χ3n) is 3.78. The Kier molecular flexibility index (Phi) is 121. The van der Waals surface area contributed by atoms with Gasteiger partial charge in [0.2, 0.25) is 0 Å². The van der Waals surface area contributed by atoms with Crippen molar-refractivity contribution in [3.63, 3.8) is 0 Å². The Morgan fingerprint density at radius 1 is 0.750 bits per heavy atom. The van der Waals surface area contributed by atoms with E-state index in [0.29, 0.717) is 6.42 Å². The Hall–Kier alpha value is 9.27. The van der Waals surface area contributed by atoms with Gasteiger partial charge < -0.3 is 25.5 Å². The predicted molar refractivity (Wildman–Crippen MR) is 87.4 cm³/mol. The maximum atomic E-state index is 11.5. The number of ether oxygens (including phenoxy) is 1. The zero-order valence-electron chi connectivity index (χ0n) is 19.6. The van der Waals surface area contributed by atoms with E-state index in [2.05, 4.69) is 0 Å². The minimum atomic E-state index is -1.66. The second kappa shape index (κ2) is 51.1. The SMILES string of the molecule is CCC(Cl)CC(CC(C(=O)O)C(C(=O)O)C(C)C(=O)O)OC(C)=O.O.[Ru].[U].[U].[U].[U].[U].[U].[U].[U].[U].[U]. The van der Waals surface area contributed by atoms with Crippen molar-refractivity contribution in [1.82, 2.24) is 0 Å². The molecule has 0 heterocycles. The molecule has 5 unspecified atom stereocenters. The molecule has 0 bridgehead atoms. The normalized spacial score (nSPS) is 11.4. The summed E-state index contributed by atoms with van der Waals surface area (Å²) in [7, 11) is 0. The second-order valence-electron chi connectivity index (χ2n) is 5.64. The molecule has 0 amide bonds. The standard InChI is InChI=1S/C15H23ClO8.H2O.Ru.10U/c1-4-9(16)5-10(24-8(3)17)6-11(14(20)21)12(15(22)23)7(2)13(18)19;;;;;;;;;;;;/h7,9-12H,4-6H2,1-3H3,(H,18,19)(H,20,21)(H,22,23);1H2;;;;;;;;;;;. The Morgan fingerprint density at radius 2 is 1.11 bits per heavy atom. The average Bonchev–Trinajstić information content (AvgIpc) is 2.44. The van der Waals surface area contributed by atoms with Crippen molar-refractivity contribution in [2.24, 2.45) is 17.8 Å². The molecular formula is C15H25ClO9RuU10. The first kappa shape index (κ1) is 85.2. The summed E-state index contributed by atoms with van der Waals surface area (Å²) in [4.78, 5) is 45.2. The fourth-order valence-corrected chi connectivity index (χ4v) is 2.65. The fourth-order valence-electron chi connectivity index (χ4n) is 2.45. The number of alkyl halides is 1. The van der Waals surface area contributed by atoms with Crippen LogP contribution in [0.2, 0.25) is 0 Å². The molecule has 0 rings (SSSR count). The average molecular weight is 2870 g/mol. The van der Waals surface area contributed by atoms with Crippen LogP contribution in [-0.2, 0) is 43.4 Å². The van der Waals surface area contributed by atoms with E-state index in [-0.39, 0.29) is 354 Å². The number of carboxylic acid groups (broad SMARTS) is 3. The summed E-state index contributed by atoms with van der Waals surface area (Å²) in [6, 6.07) is 0. The number of carboxylic acids is 3. The minimum Gasteiger partial charge on any atom is -0.481 e. The molecule has 0 aliphatic heterocycles. The first-order valence-electron chi connectivity index (χ1n) is 7.50. The van der Waals surface area contributed by atoms with Gasteiger partial charge >= 0.3 is 23.9 Å². The van der Waals surface area contributed by atoms with Crippen molar-refractivity contribution >= 4 is 35.5 Å². The topological polar surface area (TPSA) is 170 Å². The minimum absolute atomic E-state index is 0. The first-order valence-corrected chi connectivity index (χ1v) is 7.94. The molecule has 0 aromatic rings. The van der Waals surface area contributed by atoms with Crippen LogP contribution in [-0.4, -0.2) is 56.2 Å². The van der Waals surface area contributed by atoms with E-state index in [1.165, 1.54) is 0 Å². The van der Waals surface area contributed by atoms with Crippen LogP contribution in [0.3, 0.4) is 0 Å². The van der Waals surface area contributed by atoms with Gasteiger partial charge in [0.05, 0.1) is 17.8 Å². The van der Waals surface area contributed by atoms with E-state index in [0.717, 1.165) is 13.8 Å². The van der Waals surface area contributed by atoms with Gasteiger partial charge in [-0.05, 0) is 12.8 Å². The number of hydrogen-bond acceptors (Lipinski definition) is 5. The van der Waals surface area contributed by atoms with Gasteiger partial charge in [0.15, 0.2) is 0 Å². The van der Waals surface area contributed by atoms with E-state index >= 15 is 0 Å². The van der Waals surface area contributed by atoms with Gasteiger partial charge in [0, 0.05) is 349 Å². The number of carbonyl (C=O) groups excluding carboxylic acids is 1. The molecule has 9 nitrogen and oxygen atoms in total. The van der Waals surface area contributed by atoms with Gasteiger partial charge in [-0.3, -0.25) is 19.2 Å². The Labute approximate surface area is 467 Å². The zero-order chi connectivity index (χ0) is 19.0. The summed E-state index contributed by atoms with van der Waals surface area (Å²) in [5, 5.41) is 27.3. The summed E-state index contributed by atoms with van der Waals surface area (Å²) in [5.41, 5.74) is 0. The summed E-state index contributed by atoms with van der Waals surface area (Å²) in [6.45, 7) is 4.07. The third kappa shape index (κ3) is 41.3. The van der Waals surface area contributed by atoms with Crippen LogP contribution in [0.1, 0.15) is 40.0 Å². The van der Waals surface area contributed by atoms with Crippen molar-refractivity contribution in [3.8, 4) is 0 Å². The molecule has 0 radical (unpaired) electrons. The number of rotatable bonds is 11. The van der Waals surface area contributed by atoms with E-state index in [1.54, 1.807) is 6.92 Å². The number of aliphatic carboxylic acids is 3. The molecule has 194 valence electrons. The molecule has 5 N–H and O–H groups in total. The molecule has 0 saturated heterocycles. The Bertz CT molecular complexity index is 516. The third-order valence-corrected chi connectivity index (χ3v) is 4.26. The van der Waals surface area contributed by atoms with Crippen LogP contribution < -0.4 is 0 Å². The smallest absolute Gasteiger partial charge is 0.308 e. The van der Waals surface area contributed by atoms with E-state index in [1.807, 2.05) is 0 Å². The van der Waals surface area contributed by atoms with Gasteiger partial charge in [-0.1, -0.05) is 13.8 Å². The fraction of sp³-hybridized carbons (Fsp3) is 0.733. The molecular weight excluding hydrogens is 2840 g/mol. The molecule has 36 heavy (non-hydrogen) atoms. The Morgan fingerprint density at radius 3 is 1.33 bits per heavy atom. The van der Waals surface area contributed by atoms with Crippen molar-refractivity contribution in [2.45, 2.75) is 51.5 Å². The summed E-state index contributed by atoms with van der Waals surface area (Å²) < 4.78 is 5.05. The molecule has 0 fully saturated rings. The van der Waals surface area contributed by atoms with Gasteiger partial charge in [-0.2, -0.15) is 0 Å². The predicted octanol–water partition coefficient (Wildman–Crippen LogP) is 1.01. The van der Waals surface area contributed by atoms with Crippen LogP contribution >= 0.6 is 11.6 Å². The van der Waals surface area contributed by atoms with Crippen LogP contribution in [0, 0.1) is 329 Å². The molecule has 0 aliphatic carbocycles. The molecule has 0 aliphatic rings. The summed E-state index contributed by atoms with van der Waals surface area (Å²) in [6.07, 6.45) is -0.541. The molecule has 21 heteroatoms. The zero-order valence-corrected chi connectivity index (χ0v) is 63.8. The largest absolute Gasteiger partial charge is 0.481 e.